The number of carbonyl (C=O) groups excluding carboxylic acids is 5. The molecule has 10 rings (SSSR count). The first-order valence-electron chi connectivity index (χ1n) is 26.4. The maximum atomic E-state index is 13.4. The van der Waals surface area contributed by atoms with Gasteiger partial charge in [0.2, 0.25) is 6.08 Å². The van der Waals surface area contributed by atoms with Crippen LogP contribution < -0.4 is 15.5 Å². The number of aryl methyl sites for hydroxylation is 5. The Labute approximate surface area is 548 Å². The molecule has 0 spiro atoms. The van der Waals surface area contributed by atoms with E-state index in [1.165, 1.54) is 16.5 Å². The third-order valence-electron chi connectivity index (χ3n) is 12.5. The van der Waals surface area contributed by atoms with Crippen molar-refractivity contribution in [3.05, 3.63) is 291 Å². The zero-order valence-electron chi connectivity index (χ0n) is 47.3. The largest absolute Gasteiger partial charge is 0.399 e. The molecule has 0 aromatic heterocycles. The van der Waals surface area contributed by atoms with Crippen LogP contribution in [0.5, 0.6) is 0 Å². The van der Waals surface area contributed by atoms with Crippen LogP contribution in [0.2, 0.25) is 0 Å². The number of Topliss-reactive ketones (excluding diaryl/α,β-unsaturated/α-hetero) is 3. The molecule has 0 bridgehead atoms. The van der Waals surface area contributed by atoms with Crippen LogP contribution >= 0.6 is 95.6 Å². The van der Waals surface area contributed by atoms with Crippen LogP contribution in [0.1, 0.15) is 77.8 Å². The second kappa shape index (κ2) is 35.0. The highest BCUT2D eigenvalue weighted by atomic mass is 79.9. The van der Waals surface area contributed by atoms with Gasteiger partial charge in [0.05, 0.1) is 17.6 Å². The van der Waals surface area contributed by atoms with E-state index in [1.54, 1.807) is 24.0 Å². The molecule has 85 heavy (non-hydrogen) atoms. The number of alkyl halides is 1. The molecule has 0 saturated carbocycles. The van der Waals surface area contributed by atoms with Crippen molar-refractivity contribution in [1.29, 1.82) is 0 Å². The number of hydrogen-bond donors (Lipinski definition) is 2. The Hall–Kier alpha value is -6.72. The van der Waals surface area contributed by atoms with E-state index >= 15 is 0 Å². The van der Waals surface area contributed by atoms with Gasteiger partial charge in [0.25, 0.3) is 0 Å². The molecule has 1 aliphatic heterocycles. The number of amides is 2. The van der Waals surface area contributed by atoms with Crippen molar-refractivity contribution in [2.45, 2.75) is 53.2 Å². The predicted octanol–water partition coefficient (Wildman–Crippen LogP) is 19.6. The van der Waals surface area contributed by atoms with Crippen molar-refractivity contribution >= 4 is 148 Å². The molecule has 1 atom stereocenters. The molecular weight excluding hydrogens is 1460 g/mol. The Morgan fingerprint density at radius 3 is 1.36 bits per heavy atom. The number of ketones is 3. The summed E-state index contributed by atoms with van der Waals surface area (Å²) in [5, 5.41) is 12.2. The Morgan fingerprint density at radius 2 is 0.941 bits per heavy atom. The van der Waals surface area contributed by atoms with Crippen LogP contribution in [0.25, 0.3) is 0 Å². The van der Waals surface area contributed by atoms with Gasteiger partial charge in [-0.1, -0.05) is 209 Å². The first kappa shape index (κ1) is 69.1. The lowest BCUT2D eigenvalue weighted by Crippen LogP contribution is -2.44. The van der Waals surface area contributed by atoms with Crippen molar-refractivity contribution < 1.29 is 29.1 Å². The van der Waals surface area contributed by atoms with E-state index in [0.717, 1.165) is 79.1 Å². The van der Waals surface area contributed by atoms with Crippen LogP contribution in [-0.2, 0) is 16.9 Å². The molecule has 9 aromatic rings. The van der Waals surface area contributed by atoms with Gasteiger partial charge in [-0.15, -0.1) is 0 Å². The van der Waals surface area contributed by atoms with Crippen LogP contribution in [0.3, 0.4) is 0 Å². The molecule has 0 aliphatic carbocycles. The number of hydrogen-bond acceptors (Lipinski definition) is 8. The summed E-state index contributed by atoms with van der Waals surface area (Å²) in [6.45, 7) is 9.64. The van der Waals surface area contributed by atoms with Gasteiger partial charge in [0, 0.05) is 68.1 Å². The molecule has 9 aromatic carbocycles. The summed E-state index contributed by atoms with van der Waals surface area (Å²) in [6.07, 6.45) is 2.82. The zero-order valence-corrected chi connectivity index (χ0v) is 56.8. The fraction of sp³-hybridized carbons (Fsp3) is 0.145. The van der Waals surface area contributed by atoms with Crippen molar-refractivity contribution in [2.75, 3.05) is 27.4 Å². The predicted molar refractivity (Wildman–Crippen MR) is 368 cm³/mol. The fourth-order valence-corrected chi connectivity index (χ4v) is 9.80. The van der Waals surface area contributed by atoms with Gasteiger partial charge in [-0.3, -0.25) is 24.2 Å². The van der Waals surface area contributed by atoms with Crippen molar-refractivity contribution in [3.63, 3.8) is 0 Å². The maximum absolute atomic E-state index is 13.4. The van der Waals surface area contributed by atoms with Gasteiger partial charge in [-0.05, 0) is 174 Å². The minimum Gasteiger partial charge on any atom is -0.399 e. The quantitative estimate of drug-likeness (QED) is 0.0430. The third-order valence-corrected chi connectivity index (χ3v) is 15.7. The molecule has 1 aliphatic rings. The average Bonchev–Trinajstić information content (AvgIpc) is 2.04. The number of nitrogen functional groups attached to an aromatic ring is 1. The number of aliphatic hydroxyl groups is 1. The number of rotatable bonds is 11. The summed E-state index contributed by atoms with van der Waals surface area (Å²) in [5.41, 5.74) is 15.4. The Balaban J connectivity index is 0.000000200. The van der Waals surface area contributed by atoms with Crippen LogP contribution in [0.15, 0.2) is 246 Å². The highest BCUT2D eigenvalue weighted by molar-refractivity contribution is 9.11. The van der Waals surface area contributed by atoms with Crippen molar-refractivity contribution in [2.24, 2.45) is 4.99 Å². The standard InChI is InChI=1S/C22H18Br2N2O2.C16H15BrO.C9H9BrO.C9H10O.C7H4BrNO.C6H6BrN/c1-15-3-2-4-16(13-15)22(28)14-25(19-9-5-17(23)6-10-19)21(27)26(22)20-11-7-18(24)8-12-20;1-12-3-2-4-14(11-12)16(18)10-7-13-5-8-15(17)9-6-13;1-7-3-2-4-8(5-7)9(11)6-10;1-7-4-3-5-9(6-7)8(2)10;8-6-1-3-7(4-2-6)9-5-10;7-5-1-3-6(8)4-2-5/h2-13,28H,14H2,1H3;2-6,8-9,11H,7,10H2,1H3;2-5H,6H2,1H3;3-6H,1-2H3;1-4H;1-4H,8H2. The molecule has 436 valence electrons. The smallest absolute Gasteiger partial charge is 0.331 e. The fourth-order valence-electron chi connectivity index (χ4n) is 8.15. The molecule has 1 heterocycles. The Kier molecular flexibility index (Phi) is 28.5. The monoisotopic (exact) mass is 1520 g/mol. The van der Waals surface area contributed by atoms with Gasteiger partial charge >= 0.3 is 6.03 Å². The number of benzene rings is 9. The number of β-amino-alcohol motifs (C(OH)–C–C–N with tert-alkyl or cyclic N) is 1. The molecule has 1 saturated heterocycles. The van der Waals surface area contributed by atoms with Gasteiger partial charge in [0.1, 0.15) is 0 Å². The van der Waals surface area contributed by atoms with E-state index in [9.17, 15) is 29.1 Å². The molecule has 16 heteroatoms. The maximum Gasteiger partial charge on any atom is 0.331 e. The number of aliphatic imine (C=N–C) groups is 1. The van der Waals surface area contributed by atoms with Crippen LogP contribution in [0.4, 0.5) is 27.5 Å². The topological polar surface area (TPSA) is 150 Å². The number of carbonyl (C=O) groups is 4. The summed E-state index contributed by atoms with van der Waals surface area (Å²) in [5.74, 6) is 0.471. The normalized spacial score (nSPS) is 12.8. The van der Waals surface area contributed by atoms with E-state index in [2.05, 4.69) is 101 Å². The number of anilines is 3. The zero-order chi connectivity index (χ0) is 62.1. The number of halogens is 6. The second-order valence-corrected chi connectivity index (χ2v) is 24.5. The summed E-state index contributed by atoms with van der Waals surface area (Å²) in [7, 11) is 0. The number of nitrogens with zero attached hydrogens (tertiary/aromatic N) is 3. The van der Waals surface area contributed by atoms with E-state index in [0.29, 0.717) is 28.7 Å². The molecule has 3 N–H and O–H groups in total. The van der Waals surface area contributed by atoms with Gasteiger partial charge in [-0.25, -0.2) is 9.59 Å². The highest BCUT2D eigenvalue weighted by Gasteiger charge is 2.51. The van der Waals surface area contributed by atoms with Gasteiger partial charge in [-0.2, -0.15) is 4.99 Å². The minimum absolute atomic E-state index is 0.128. The van der Waals surface area contributed by atoms with E-state index < -0.39 is 5.72 Å². The van der Waals surface area contributed by atoms with E-state index in [-0.39, 0.29) is 29.9 Å². The van der Waals surface area contributed by atoms with E-state index in [1.807, 2.05) is 234 Å². The summed E-state index contributed by atoms with van der Waals surface area (Å²) < 4.78 is 4.94. The van der Waals surface area contributed by atoms with Gasteiger partial charge < -0.3 is 10.8 Å². The lowest BCUT2D eigenvalue weighted by atomic mass is 9.99. The molecule has 10 nitrogen and oxygen atoms in total. The lowest BCUT2D eigenvalue weighted by Gasteiger charge is -2.32. The lowest BCUT2D eigenvalue weighted by molar-refractivity contribution is 0.0654. The average molecular weight is 1520 g/mol. The molecule has 1 unspecified atom stereocenters. The Bertz CT molecular complexity index is 3670. The van der Waals surface area contributed by atoms with Gasteiger partial charge in [0.15, 0.2) is 23.1 Å². The summed E-state index contributed by atoms with van der Waals surface area (Å²) >= 11 is 19.9. The molecule has 1 fully saturated rings. The minimum atomic E-state index is -1.48. The number of urea groups is 1. The van der Waals surface area contributed by atoms with Crippen molar-refractivity contribution in [3.8, 4) is 0 Å². The number of nitrogens with two attached hydrogens (primary N) is 1. The second-order valence-electron chi connectivity index (χ2n) is 19.3. The van der Waals surface area contributed by atoms with Crippen LogP contribution in [-0.4, -0.2) is 46.4 Å². The van der Waals surface area contributed by atoms with Crippen molar-refractivity contribution in [1.82, 2.24) is 0 Å². The van der Waals surface area contributed by atoms with E-state index in [4.69, 9.17) is 5.73 Å². The molecule has 0 radical (unpaired) electrons. The highest BCUT2D eigenvalue weighted by Crippen LogP contribution is 2.41. The third kappa shape index (κ3) is 22.9. The number of isocyanates is 1. The Morgan fingerprint density at radius 1 is 0.541 bits per heavy atom. The SMILES string of the molecule is CC(=O)c1cccc(C)c1.Cc1cccc(C(=O)CBr)c1.Cc1cccc(C(=O)CCc2ccc(Br)cc2)c1.Cc1cccc(C2(O)CN(c3ccc(Br)cc3)C(=O)N2c2ccc(Br)cc2)c1.Nc1ccc(Br)cc1.O=C=Nc1ccc(Br)cc1. The summed E-state index contributed by atoms with van der Waals surface area (Å²) in [6, 6.07) is 68.0. The molecular formula is C69H62Br6N4O6. The summed E-state index contributed by atoms with van der Waals surface area (Å²) in [4.78, 5) is 63.6. The first-order valence-corrected chi connectivity index (χ1v) is 31.5. The van der Waals surface area contributed by atoms with Crippen LogP contribution in [0, 0.1) is 27.7 Å². The molecule has 2 amide bonds. The first-order chi connectivity index (χ1) is 40.6.